The SMILES string of the molecule is CN1C2=C[CH]([Ti])CC2c2ccccc21.Cl.Cl. The Bertz CT molecular complexity index is 419. The van der Waals surface area contributed by atoms with Gasteiger partial charge in [0, 0.05) is 0 Å². The van der Waals surface area contributed by atoms with Gasteiger partial charge in [0.05, 0.1) is 0 Å². The van der Waals surface area contributed by atoms with E-state index in [4.69, 9.17) is 0 Å². The molecule has 3 rings (SSSR count). The van der Waals surface area contributed by atoms with E-state index in [0.29, 0.717) is 5.92 Å². The van der Waals surface area contributed by atoms with Gasteiger partial charge in [-0.25, -0.2) is 0 Å². The molecule has 0 aromatic heterocycles. The smallest absolute Gasteiger partial charge is 0.147 e. The standard InChI is InChI=1S/C12H12N.2ClH.Ti/c1-13-11-7-3-2-5-9(11)10-6-4-8-12(10)13;;;/h2-5,7-8,10H,6H2,1H3;2*1H;. The molecule has 0 radical (unpaired) electrons. The monoisotopic (exact) mass is 290 g/mol. The summed E-state index contributed by atoms with van der Waals surface area (Å²) < 4.78 is 0.741. The van der Waals surface area contributed by atoms with Crippen LogP contribution in [0.15, 0.2) is 36.0 Å². The van der Waals surface area contributed by atoms with Gasteiger partial charge in [0.15, 0.2) is 0 Å². The van der Waals surface area contributed by atoms with Gasteiger partial charge in [-0.3, -0.25) is 0 Å². The number of benzene rings is 1. The molecule has 1 aromatic carbocycles. The molecule has 2 unspecified atom stereocenters. The second-order valence-electron chi connectivity index (χ2n) is 4.10. The molecule has 1 heterocycles. The Morgan fingerprint density at radius 1 is 1.25 bits per heavy atom. The summed E-state index contributed by atoms with van der Waals surface area (Å²) in [5.41, 5.74) is 4.43. The Morgan fingerprint density at radius 2 is 1.94 bits per heavy atom. The van der Waals surface area contributed by atoms with Gasteiger partial charge in [-0.1, -0.05) is 0 Å². The zero-order valence-electron chi connectivity index (χ0n) is 9.01. The van der Waals surface area contributed by atoms with E-state index in [1.54, 1.807) is 0 Å². The maximum Gasteiger partial charge on any atom is -0.147 e. The van der Waals surface area contributed by atoms with Gasteiger partial charge in [-0.05, 0) is 0 Å². The fourth-order valence-corrected chi connectivity index (χ4v) is 3.26. The largest absolute Gasteiger partial charge is 0.147 e. The van der Waals surface area contributed by atoms with Crippen molar-refractivity contribution in [3.8, 4) is 0 Å². The number of nitrogens with zero attached hydrogens (tertiary/aromatic N) is 1. The Hall–Kier alpha value is 0.0543. The van der Waals surface area contributed by atoms with Crippen LogP contribution in [0.2, 0.25) is 4.22 Å². The third-order valence-electron chi connectivity index (χ3n) is 3.28. The number of hydrogen-bond donors (Lipinski definition) is 0. The van der Waals surface area contributed by atoms with Crippen LogP contribution in [0.25, 0.3) is 0 Å². The van der Waals surface area contributed by atoms with E-state index in [2.05, 4.69) is 62.7 Å². The molecule has 85 valence electrons. The van der Waals surface area contributed by atoms with Gasteiger partial charge < -0.3 is 0 Å². The Kier molecular flexibility index (Phi) is 4.53. The van der Waals surface area contributed by atoms with E-state index in [1.165, 1.54) is 23.4 Å². The Labute approximate surface area is 121 Å². The Balaban J connectivity index is 0.000000640. The van der Waals surface area contributed by atoms with Gasteiger partial charge >= 0.3 is 96.2 Å². The van der Waals surface area contributed by atoms with E-state index < -0.39 is 0 Å². The van der Waals surface area contributed by atoms with Crippen LogP contribution in [0.1, 0.15) is 17.9 Å². The molecule has 0 saturated carbocycles. The number of para-hydroxylation sites is 1. The van der Waals surface area contributed by atoms with Gasteiger partial charge in [0.2, 0.25) is 0 Å². The summed E-state index contributed by atoms with van der Waals surface area (Å²) in [6, 6.07) is 8.77. The summed E-state index contributed by atoms with van der Waals surface area (Å²) >= 11 is 2.31. The van der Waals surface area contributed by atoms with E-state index in [9.17, 15) is 0 Å². The van der Waals surface area contributed by atoms with Crippen LogP contribution in [0.4, 0.5) is 5.69 Å². The van der Waals surface area contributed by atoms with Crippen LogP contribution < -0.4 is 4.90 Å². The zero-order valence-corrected chi connectivity index (χ0v) is 12.2. The van der Waals surface area contributed by atoms with Crippen molar-refractivity contribution in [2.45, 2.75) is 16.6 Å². The van der Waals surface area contributed by atoms with Gasteiger partial charge in [-0.15, -0.1) is 24.8 Å². The maximum absolute atomic E-state index is 2.42. The first kappa shape index (κ1) is 14.1. The van der Waals surface area contributed by atoms with E-state index in [0.717, 1.165) is 4.22 Å². The topological polar surface area (TPSA) is 3.24 Å². The summed E-state index contributed by atoms with van der Waals surface area (Å²) in [5, 5.41) is 0. The summed E-state index contributed by atoms with van der Waals surface area (Å²) in [7, 11) is 2.18. The first-order valence-electron chi connectivity index (χ1n) is 5.03. The van der Waals surface area contributed by atoms with Crippen LogP contribution in [0.5, 0.6) is 0 Å². The van der Waals surface area contributed by atoms with Crippen LogP contribution in [-0.4, -0.2) is 7.05 Å². The zero-order chi connectivity index (χ0) is 9.71. The van der Waals surface area contributed by atoms with Gasteiger partial charge in [-0.2, -0.15) is 0 Å². The molecule has 0 N–H and O–H groups in total. The molecule has 2 atom stereocenters. The molecule has 0 bridgehead atoms. The third-order valence-corrected chi connectivity index (χ3v) is 3.91. The van der Waals surface area contributed by atoms with Crippen molar-refractivity contribution in [3.05, 3.63) is 41.6 Å². The first-order chi connectivity index (χ1) is 6.77. The second-order valence-corrected chi connectivity index (χ2v) is 5.26. The van der Waals surface area contributed by atoms with Gasteiger partial charge in [0.25, 0.3) is 0 Å². The minimum absolute atomic E-state index is 0. The van der Waals surface area contributed by atoms with Crippen LogP contribution in [0.3, 0.4) is 0 Å². The third kappa shape index (κ3) is 1.95. The van der Waals surface area contributed by atoms with E-state index >= 15 is 0 Å². The van der Waals surface area contributed by atoms with Crippen molar-refractivity contribution >= 4 is 30.5 Å². The molecular weight excluding hydrogens is 277 g/mol. The molecule has 0 spiro atoms. The van der Waals surface area contributed by atoms with E-state index in [1.807, 2.05) is 0 Å². The number of hydrogen-bond acceptors (Lipinski definition) is 1. The quantitative estimate of drug-likeness (QED) is 0.659. The molecule has 0 fully saturated rings. The van der Waals surface area contributed by atoms with Crippen molar-refractivity contribution in [1.29, 1.82) is 0 Å². The fourth-order valence-electron chi connectivity index (χ4n) is 2.62. The normalized spacial score (nSPS) is 25.0. The molecule has 4 heteroatoms. The number of allylic oxidation sites excluding steroid dienone is 2. The number of anilines is 1. The van der Waals surface area contributed by atoms with Crippen molar-refractivity contribution in [1.82, 2.24) is 0 Å². The number of fused-ring (bicyclic) bond motifs is 3. The maximum atomic E-state index is 2.42. The summed E-state index contributed by atoms with van der Waals surface area (Å²) in [4.78, 5) is 2.35. The van der Waals surface area contributed by atoms with Crippen LogP contribution in [0, 0.1) is 0 Å². The summed E-state index contributed by atoms with van der Waals surface area (Å²) in [6.07, 6.45) is 3.71. The molecule has 1 nitrogen and oxygen atoms in total. The Morgan fingerprint density at radius 3 is 2.69 bits per heavy atom. The average Bonchev–Trinajstić information content (AvgIpc) is 2.68. The van der Waals surface area contributed by atoms with Crippen molar-refractivity contribution < 1.29 is 20.4 Å². The fraction of sp³-hybridized carbons (Fsp3) is 0.333. The molecule has 16 heavy (non-hydrogen) atoms. The molecule has 0 saturated heterocycles. The molecular formula is C12H14Cl2NTi. The van der Waals surface area contributed by atoms with Crippen molar-refractivity contribution in [2.75, 3.05) is 11.9 Å². The predicted molar refractivity (Wildman–Crippen MR) is 68.5 cm³/mol. The van der Waals surface area contributed by atoms with Gasteiger partial charge in [0.1, 0.15) is 0 Å². The molecule has 1 aliphatic carbocycles. The van der Waals surface area contributed by atoms with Crippen LogP contribution >= 0.6 is 24.8 Å². The first-order valence-corrected chi connectivity index (χ1v) is 5.93. The number of halogens is 2. The number of likely N-dealkylation sites (N-methyl/N-ethyl adjacent to an activating group) is 1. The van der Waals surface area contributed by atoms with Crippen molar-refractivity contribution in [3.63, 3.8) is 0 Å². The number of rotatable bonds is 0. The van der Waals surface area contributed by atoms with Crippen LogP contribution in [-0.2, 0) is 20.4 Å². The van der Waals surface area contributed by atoms with Crippen molar-refractivity contribution in [2.24, 2.45) is 0 Å². The summed E-state index contributed by atoms with van der Waals surface area (Å²) in [5.74, 6) is 0.672. The molecule has 0 amide bonds. The predicted octanol–water partition coefficient (Wildman–Crippen LogP) is 3.69. The average molecular weight is 291 g/mol. The molecule has 2 aliphatic rings. The molecule has 1 aliphatic heterocycles. The summed E-state index contributed by atoms with van der Waals surface area (Å²) in [6.45, 7) is 0. The van der Waals surface area contributed by atoms with E-state index in [-0.39, 0.29) is 24.8 Å². The minimum Gasteiger partial charge on any atom is -0.147 e. The minimum atomic E-state index is 0. The second kappa shape index (κ2) is 5.14. The molecule has 1 aromatic rings.